The fourth-order valence-electron chi connectivity index (χ4n) is 3.45. The second-order valence-corrected chi connectivity index (χ2v) is 9.35. The Kier molecular flexibility index (Phi) is 5.51. The first kappa shape index (κ1) is 19.5. The van der Waals surface area contributed by atoms with Crippen LogP contribution < -0.4 is 0 Å². The zero-order valence-corrected chi connectivity index (χ0v) is 17.6. The fourth-order valence-corrected chi connectivity index (χ4v) is 5.57. The molecule has 0 spiro atoms. The molecule has 7 heteroatoms. The smallest absolute Gasteiger partial charge is 0.183 e. The van der Waals surface area contributed by atoms with Gasteiger partial charge in [0.05, 0.1) is 16.1 Å². The van der Waals surface area contributed by atoms with Crippen molar-refractivity contribution in [3.63, 3.8) is 0 Å². The summed E-state index contributed by atoms with van der Waals surface area (Å²) in [7, 11) is 2.07. The Labute approximate surface area is 172 Å². The number of ketones is 1. The molecule has 0 aliphatic carbocycles. The number of hydrogen-bond donors (Lipinski definition) is 1. The number of likely N-dealkylation sites (tertiary alicyclic amines) is 1. The van der Waals surface area contributed by atoms with Crippen molar-refractivity contribution in [2.45, 2.75) is 30.4 Å². The van der Waals surface area contributed by atoms with E-state index in [2.05, 4.69) is 21.9 Å². The second-order valence-electron chi connectivity index (χ2n) is 7.30. The number of benzene rings is 1. The van der Waals surface area contributed by atoms with E-state index in [-0.39, 0.29) is 5.78 Å². The van der Waals surface area contributed by atoms with E-state index < -0.39 is 5.60 Å². The molecule has 1 aromatic carbocycles. The highest BCUT2D eigenvalue weighted by Crippen LogP contribution is 2.37. The number of fused-ring (bicyclic) bond motifs is 1. The normalized spacial score (nSPS) is 17.1. The molecule has 5 nitrogen and oxygen atoms in total. The largest absolute Gasteiger partial charge is 0.384 e. The van der Waals surface area contributed by atoms with Crippen molar-refractivity contribution in [2.75, 3.05) is 25.9 Å². The number of nitrogens with zero attached hydrogens (tertiary/aromatic N) is 3. The van der Waals surface area contributed by atoms with Crippen LogP contribution in [0.1, 0.15) is 33.2 Å². The number of carbonyl (C=O) groups is 1. The van der Waals surface area contributed by atoms with Crippen LogP contribution in [0.4, 0.5) is 0 Å². The van der Waals surface area contributed by atoms with Gasteiger partial charge in [-0.25, -0.2) is 9.97 Å². The highest BCUT2D eigenvalue weighted by molar-refractivity contribution is 8.00. The van der Waals surface area contributed by atoms with E-state index in [1.165, 1.54) is 23.1 Å². The number of hydrogen-bond acceptors (Lipinski definition) is 7. The maximum Gasteiger partial charge on any atom is 0.183 e. The Morgan fingerprint density at radius 2 is 1.96 bits per heavy atom. The summed E-state index contributed by atoms with van der Waals surface area (Å²) < 4.78 is 0. The molecule has 1 N–H and O–H groups in total. The van der Waals surface area contributed by atoms with E-state index in [0.717, 1.165) is 33.9 Å². The minimum absolute atomic E-state index is 0.0677. The Morgan fingerprint density at radius 1 is 1.21 bits per heavy atom. The van der Waals surface area contributed by atoms with Crippen LogP contribution in [0.25, 0.3) is 10.9 Å². The van der Waals surface area contributed by atoms with Gasteiger partial charge < -0.3 is 10.0 Å². The monoisotopic (exact) mass is 413 g/mol. The van der Waals surface area contributed by atoms with Gasteiger partial charge in [0.25, 0.3) is 0 Å². The molecular weight excluding hydrogens is 390 g/mol. The average molecular weight is 414 g/mol. The third-order valence-electron chi connectivity index (χ3n) is 5.17. The molecule has 4 rings (SSSR count). The summed E-state index contributed by atoms with van der Waals surface area (Å²) in [5.41, 5.74) is 0.0934. The minimum atomic E-state index is -0.803. The summed E-state index contributed by atoms with van der Waals surface area (Å²) in [6, 6.07) is 11.6. The quantitative estimate of drug-likeness (QED) is 0.389. The van der Waals surface area contributed by atoms with Crippen molar-refractivity contribution in [2.24, 2.45) is 0 Å². The Bertz CT molecular complexity index is 1010. The number of aromatic nitrogens is 2. The number of piperidine rings is 1. The van der Waals surface area contributed by atoms with E-state index >= 15 is 0 Å². The number of Topliss-reactive ketones (excluding diaryl/α,β-unsaturated/α-hetero) is 1. The summed E-state index contributed by atoms with van der Waals surface area (Å²) in [5, 5.41) is 12.8. The second kappa shape index (κ2) is 7.91. The Morgan fingerprint density at radius 3 is 2.75 bits per heavy atom. The van der Waals surface area contributed by atoms with E-state index in [4.69, 9.17) is 0 Å². The lowest BCUT2D eigenvalue weighted by atomic mass is 9.90. The highest BCUT2D eigenvalue weighted by atomic mass is 32.2. The number of rotatable bonds is 5. The van der Waals surface area contributed by atoms with Crippen LogP contribution in [0, 0.1) is 6.92 Å². The summed E-state index contributed by atoms with van der Waals surface area (Å²) in [6.45, 7) is 3.60. The minimum Gasteiger partial charge on any atom is -0.384 e. The van der Waals surface area contributed by atoms with Gasteiger partial charge in [-0.15, -0.1) is 11.3 Å². The molecule has 146 valence electrons. The molecule has 3 aromatic rings. The van der Waals surface area contributed by atoms with E-state index in [9.17, 15) is 9.90 Å². The SMILES string of the molecule is Cc1nc(SCC(=O)c2ccc(C3(O)CCN(C)CC3)s2)c2ccccc2n1. The van der Waals surface area contributed by atoms with Crippen LogP contribution in [-0.4, -0.2) is 51.6 Å². The molecule has 3 heterocycles. The predicted octanol–water partition coefficient (Wildman–Crippen LogP) is 3.89. The molecule has 0 saturated carbocycles. The van der Waals surface area contributed by atoms with Crippen LogP contribution in [0.15, 0.2) is 41.4 Å². The number of thiophene rings is 1. The third kappa shape index (κ3) is 3.98. The van der Waals surface area contributed by atoms with Crippen molar-refractivity contribution in [3.8, 4) is 0 Å². The van der Waals surface area contributed by atoms with Gasteiger partial charge in [-0.05, 0) is 45.0 Å². The standard InChI is InChI=1S/C21H23N3O2S2/c1-14-22-16-6-4-3-5-15(16)20(23-14)27-13-17(25)18-7-8-19(28-18)21(26)9-11-24(2)12-10-21/h3-8,26H,9-13H2,1-2H3. The van der Waals surface area contributed by atoms with Crippen LogP contribution in [0.5, 0.6) is 0 Å². The number of aryl methyl sites for hydroxylation is 1. The van der Waals surface area contributed by atoms with Gasteiger partial charge in [0.1, 0.15) is 16.5 Å². The Balaban J connectivity index is 1.48. The van der Waals surface area contributed by atoms with Gasteiger partial charge in [-0.1, -0.05) is 30.0 Å². The van der Waals surface area contributed by atoms with Gasteiger partial charge in [0, 0.05) is 23.4 Å². The summed E-state index contributed by atoms with van der Waals surface area (Å²) in [5.74, 6) is 1.09. The molecule has 0 unspecified atom stereocenters. The van der Waals surface area contributed by atoms with Gasteiger partial charge >= 0.3 is 0 Å². The predicted molar refractivity (Wildman–Crippen MR) is 114 cm³/mol. The van der Waals surface area contributed by atoms with Crippen molar-refractivity contribution >= 4 is 39.8 Å². The van der Waals surface area contributed by atoms with Gasteiger partial charge in [0.2, 0.25) is 0 Å². The molecule has 28 heavy (non-hydrogen) atoms. The molecule has 0 amide bonds. The first-order chi connectivity index (χ1) is 13.4. The molecule has 0 atom stereocenters. The Hall–Kier alpha value is -1.80. The molecule has 0 bridgehead atoms. The van der Waals surface area contributed by atoms with Crippen LogP contribution in [0.2, 0.25) is 0 Å². The van der Waals surface area contributed by atoms with Crippen molar-refractivity contribution in [3.05, 3.63) is 52.0 Å². The fraction of sp³-hybridized carbons (Fsp3) is 0.381. The van der Waals surface area contributed by atoms with E-state index in [0.29, 0.717) is 29.3 Å². The lowest BCUT2D eigenvalue weighted by Crippen LogP contribution is -2.40. The van der Waals surface area contributed by atoms with Crippen molar-refractivity contribution in [1.29, 1.82) is 0 Å². The van der Waals surface area contributed by atoms with Crippen LogP contribution in [0.3, 0.4) is 0 Å². The first-order valence-electron chi connectivity index (χ1n) is 9.35. The summed E-state index contributed by atoms with van der Waals surface area (Å²) >= 11 is 2.87. The summed E-state index contributed by atoms with van der Waals surface area (Å²) in [6.07, 6.45) is 1.41. The van der Waals surface area contributed by atoms with E-state index in [1.54, 1.807) is 0 Å². The molecule has 1 aliphatic rings. The highest BCUT2D eigenvalue weighted by Gasteiger charge is 2.34. The van der Waals surface area contributed by atoms with E-state index in [1.807, 2.05) is 43.3 Å². The average Bonchev–Trinajstić information content (AvgIpc) is 3.19. The van der Waals surface area contributed by atoms with Gasteiger partial charge in [0.15, 0.2) is 5.78 Å². The lowest BCUT2D eigenvalue weighted by molar-refractivity contribution is -0.0172. The molecule has 1 saturated heterocycles. The van der Waals surface area contributed by atoms with Crippen LogP contribution in [-0.2, 0) is 5.60 Å². The van der Waals surface area contributed by atoms with Crippen molar-refractivity contribution in [1.82, 2.24) is 14.9 Å². The molecule has 0 radical (unpaired) electrons. The van der Waals surface area contributed by atoms with Crippen LogP contribution >= 0.6 is 23.1 Å². The number of aliphatic hydroxyl groups is 1. The van der Waals surface area contributed by atoms with Crippen molar-refractivity contribution < 1.29 is 9.90 Å². The maximum atomic E-state index is 12.7. The van der Waals surface area contributed by atoms with Gasteiger partial charge in [-0.2, -0.15) is 0 Å². The van der Waals surface area contributed by atoms with Gasteiger partial charge in [-0.3, -0.25) is 4.79 Å². The zero-order valence-electron chi connectivity index (χ0n) is 16.0. The topological polar surface area (TPSA) is 66.3 Å². The molecule has 1 fully saturated rings. The first-order valence-corrected chi connectivity index (χ1v) is 11.2. The molecule has 1 aliphatic heterocycles. The number of carbonyl (C=O) groups excluding carboxylic acids is 1. The third-order valence-corrected chi connectivity index (χ3v) is 7.48. The summed E-state index contributed by atoms with van der Waals surface area (Å²) in [4.78, 5) is 25.5. The molecule has 2 aromatic heterocycles. The maximum absolute atomic E-state index is 12.7. The molecular formula is C21H23N3O2S2. The lowest BCUT2D eigenvalue weighted by Gasteiger charge is -2.35. The zero-order chi connectivity index (χ0) is 19.7. The number of thioether (sulfide) groups is 1. The number of para-hydroxylation sites is 1.